The number of hydrogen-bond donors (Lipinski definition) is 1. The van der Waals surface area contributed by atoms with Gasteiger partial charge in [0.2, 0.25) is 0 Å². The van der Waals surface area contributed by atoms with E-state index in [4.69, 9.17) is 0 Å². The van der Waals surface area contributed by atoms with Gasteiger partial charge < -0.3 is 10.2 Å². The van der Waals surface area contributed by atoms with E-state index in [0.29, 0.717) is 0 Å². The van der Waals surface area contributed by atoms with Gasteiger partial charge in [0.05, 0.1) is 0 Å². The number of fused-ring (bicyclic) bond motifs is 1. The summed E-state index contributed by atoms with van der Waals surface area (Å²) in [5.41, 5.74) is 4.38. The van der Waals surface area contributed by atoms with Crippen molar-refractivity contribution in [3.8, 4) is 0 Å². The maximum absolute atomic E-state index is 4.32. The van der Waals surface area contributed by atoms with Gasteiger partial charge in [-0.3, -0.25) is 0 Å². The summed E-state index contributed by atoms with van der Waals surface area (Å²) in [6, 6.07) is 12.5. The molecule has 3 nitrogen and oxygen atoms in total. The maximum Gasteiger partial charge on any atom is 0.126 e. The van der Waals surface area contributed by atoms with Crippen molar-refractivity contribution in [2.75, 3.05) is 23.8 Å². The highest BCUT2D eigenvalue weighted by Crippen LogP contribution is 2.41. The molecule has 0 aliphatic carbocycles. The molecule has 1 aromatic heterocycles. The summed E-state index contributed by atoms with van der Waals surface area (Å²) < 4.78 is 0. The fraction of sp³-hybridized carbons (Fsp3) is 0.353. The van der Waals surface area contributed by atoms with Crippen molar-refractivity contribution in [3.05, 3.63) is 53.7 Å². The third-order valence-corrected chi connectivity index (χ3v) is 3.97. The van der Waals surface area contributed by atoms with Crippen molar-refractivity contribution in [3.63, 3.8) is 0 Å². The van der Waals surface area contributed by atoms with Crippen LogP contribution in [0.25, 0.3) is 0 Å². The van der Waals surface area contributed by atoms with Crippen molar-refractivity contribution in [2.24, 2.45) is 0 Å². The molecule has 104 valence electrons. The highest BCUT2D eigenvalue weighted by atomic mass is 15.1. The van der Waals surface area contributed by atoms with Crippen LogP contribution in [0.5, 0.6) is 0 Å². The quantitative estimate of drug-likeness (QED) is 0.923. The second kappa shape index (κ2) is 4.82. The minimum absolute atomic E-state index is 0.201. The first kappa shape index (κ1) is 13.0. The molecule has 0 saturated carbocycles. The molecule has 2 aromatic rings. The molecule has 0 radical (unpaired) electrons. The average molecular weight is 267 g/mol. The lowest BCUT2D eigenvalue weighted by molar-refractivity contribution is 0.559. The molecule has 0 fully saturated rings. The molecule has 0 unspecified atom stereocenters. The number of rotatable bonds is 3. The Morgan fingerprint density at radius 3 is 2.80 bits per heavy atom. The lowest BCUT2D eigenvalue weighted by Gasteiger charge is -2.21. The van der Waals surface area contributed by atoms with Crippen molar-refractivity contribution >= 4 is 11.5 Å². The summed E-state index contributed by atoms with van der Waals surface area (Å²) in [5, 5.41) is 3.41. The molecule has 2 heterocycles. The van der Waals surface area contributed by atoms with E-state index in [1.165, 1.54) is 16.8 Å². The Hall–Kier alpha value is -2.03. The molecular weight excluding hydrogens is 246 g/mol. The number of nitrogens with zero attached hydrogens (tertiary/aromatic N) is 2. The summed E-state index contributed by atoms with van der Waals surface area (Å²) in [6.07, 6.45) is 1.81. The summed E-state index contributed by atoms with van der Waals surface area (Å²) in [5.74, 6) is 0.925. The van der Waals surface area contributed by atoms with Crippen molar-refractivity contribution in [2.45, 2.75) is 25.8 Å². The standard InChI is InChI=1S/C17H21N3/c1-17(2)12-20(3)14-8-6-7-13(16(14)17)11-19-15-9-4-5-10-18-15/h4-10H,11-12H2,1-3H3,(H,18,19). The molecule has 0 atom stereocenters. The van der Waals surface area contributed by atoms with E-state index in [9.17, 15) is 0 Å². The second-order valence-corrected chi connectivity index (χ2v) is 6.12. The molecule has 0 saturated heterocycles. The zero-order valence-electron chi connectivity index (χ0n) is 12.4. The Balaban J connectivity index is 1.89. The lowest BCUT2D eigenvalue weighted by atomic mass is 9.84. The zero-order valence-corrected chi connectivity index (χ0v) is 12.4. The molecule has 1 N–H and O–H groups in total. The highest BCUT2D eigenvalue weighted by Gasteiger charge is 2.35. The molecule has 3 heteroatoms. The van der Waals surface area contributed by atoms with Crippen molar-refractivity contribution < 1.29 is 0 Å². The fourth-order valence-corrected chi connectivity index (χ4v) is 3.24. The number of likely N-dealkylation sites (N-methyl/N-ethyl adjacent to an activating group) is 1. The van der Waals surface area contributed by atoms with Gasteiger partial charge in [-0.25, -0.2) is 4.98 Å². The van der Waals surface area contributed by atoms with Gasteiger partial charge in [0.1, 0.15) is 5.82 Å². The molecule has 0 spiro atoms. The van der Waals surface area contributed by atoms with E-state index in [1.54, 1.807) is 0 Å². The van der Waals surface area contributed by atoms with E-state index in [0.717, 1.165) is 18.9 Å². The number of nitrogens with one attached hydrogen (secondary N) is 1. The topological polar surface area (TPSA) is 28.2 Å². The van der Waals surface area contributed by atoms with Crippen LogP contribution in [0.3, 0.4) is 0 Å². The monoisotopic (exact) mass is 267 g/mol. The number of benzene rings is 1. The number of hydrogen-bond acceptors (Lipinski definition) is 3. The number of anilines is 2. The predicted octanol–water partition coefficient (Wildman–Crippen LogP) is 3.42. The zero-order chi connectivity index (χ0) is 14.2. The molecular formula is C17H21N3. The fourth-order valence-electron chi connectivity index (χ4n) is 3.24. The van der Waals surface area contributed by atoms with Crippen LogP contribution >= 0.6 is 0 Å². The first-order chi connectivity index (χ1) is 9.58. The SMILES string of the molecule is CN1CC(C)(C)c2c(CNc3ccccn3)cccc21. The van der Waals surface area contributed by atoms with Crippen LogP contribution in [-0.4, -0.2) is 18.6 Å². The van der Waals surface area contributed by atoms with Gasteiger partial charge in [-0.2, -0.15) is 0 Å². The third kappa shape index (κ3) is 2.24. The molecule has 3 rings (SSSR count). The summed E-state index contributed by atoms with van der Waals surface area (Å²) in [4.78, 5) is 6.66. The maximum atomic E-state index is 4.32. The second-order valence-electron chi connectivity index (χ2n) is 6.12. The van der Waals surface area contributed by atoms with E-state index in [-0.39, 0.29) is 5.41 Å². The van der Waals surface area contributed by atoms with E-state index < -0.39 is 0 Å². The van der Waals surface area contributed by atoms with Gasteiger partial charge in [-0.15, -0.1) is 0 Å². The van der Waals surface area contributed by atoms with Crippen molar-refractivity contribution in [1.82, 2.24) is 4.98 Å². The van der Waals surface area contributed by atoms with Crippen LogP contribution in [0.1, 0.15) is 25.0 Å². The third-order valence-electron chi connectivity index (χ3n) is 3.97. The van der Waals surface area contributed by atoms with E-state index in [2.05, 4.69) is 54.3 Å². The largest absolute Gasteiger partial charge is 0.373 e. The molecule has 1 aromatic carbocycles. The van der Waals surface area contributed by atoms with Gasteiger partial charge in [-0.05, 0) is 29.3 Å². The summed E-state index contributed by atoms with van der Waals surface area (Å²) >= 11 is 0. The minimum Gasteiger partial charge on any atom is -0.373 e. The van der Waals surface area contributed by atoms with Crippen molar-refractivity contribution in [1.29, 1.82) is 0 Å². The smallest absolute Gasteiger partial charge is 0.126 e. The molecule has 0 bridgehead atoms. The molecule has 1 aliphatic rings. The Labute approximate surface area is 120 Å². The molecule has 1 aliphatic heterocycles. The van der Waals surface area contributed by atoms with Crippen LogP contribution in [0.2, 0.25) is 0 Å². The summed E-state index contributed by atoms with van der Waals surface area (Å²) in [6.45, 7) is 6.53. The summed E-state index contributed by atoms with van der Waals surface area (Å²) in [7, 11) is 2.17. The van der Waals surface area contributed by atoms with Gasteiger partial charge in [0.15, 0.2) is 0 Å². The Bertz CT molecular complexity index is 605. The minimum atomic E-state index is 0.201. The first-order valence-electron chi connectivity index (χ1n) is 7.06. The Morgan fingerprint density at radius 1 is 1.20 bits per heavy atom. The average Bonchev–Trinajstić information content (AvgIpc) is 2.68. The van der Waals surface area contributed by atoms with Crippen LogP contribution in [-0.2, 0) is 12.0 Å². The van der Waals surface area contributed by atoms with E-state index >= 15 is 0 Å². The molecule has 20 heavy (non-hydrogen) atoms. The van der Waals surface area contributed by atoms with Crippen LogP contribution in [0, 0.1) is 0 Å². The highest BCUT2D eigenvalue weighted by molar-refractivity contribution is 5.64. The van der Waals surface area contributed by atoms with Crippen LogP contribution in [0.15, 0.2) is 42.6 Å². The van der Waals surface area contributed by atoms with Crippen LogP contribution < -0.4 is 10.2 Å². The van der Waals surface area contributed by atoms with Crippen LogP contribution in [0.4, 0.5) is 11.5 Å². The lowest BCUT2D eigenvalue weighted by Crippen LogP contribution is -2.25. The first-order valence-corrected chi connectivity index (χ1v) is 7.06. The number of pyridine rings is 1. The van der Waals surface area contributed by atoms with Gasteiger partial charge in [0, 0.05) is 37.4 Å². The number of aromatic nitrogens is 1. The molecule has 0 amide bonds. The van der Waals surface area contributed by atoms with Gasteiger partial charge in [0.25, 0.3) is 0 Å². The Kier molecular flexibility index (Phi) is 3.13. The Morgan fingerprint density at radius 2 is 2.05 bits per heavy atom. The predicted molar refractivity (Wildman–Crippen MR) is 84.3 cm³/mol. The van der Waals surface area contributed by atoms with Gasteiger partial charge >= 0.3 is 0 Å². The van der Waals surface area contributed by atoms with Gasteiger partial charge in [-0.1, -0.05) is 32.0 Å². The normalized spacial score (nSPS) is 16.1. The van der Waals surface area contributed by atoms with E-state index in [1.807, 2.05) is 24.4 Å².